The molecule has 0 bridgehead atoms. The number of carboxylic acids is 1. The zero-order valence-corrected chi connectivity index (χ0v) is 10.6. The number of nitrogens with zero attached hydrogens (tertiary/aromatic N) is 1. The highest BCUT2D eigenvalue weighted by atomic mass is 16.4. The van der Waals surface area contributed by atoms with Crippen molar-refractivity contribution < 1.29 is 14.7 Å². The molecule has 0 saturated heterocycles. The second-order valence-corrected chi connectivity index (χ2v) is 4.24. The van der Waals surface area contributed by atoms with E-state index in [1.807, 2.05) is 18.9 Å². The third-order valence-corrected chi connectivity index (χ3v) is 2.88. The molecule has 0 spiro atoms. The first-order chi connectivity index (χ1) is 8.45. The summed E-state index contributed by atoms with van der Waals surface area (Å²) in [6.45, 7) is 2.46. The summed E-state index contributed by atoms with van der Waals surface area (Å²) < 4.78 is 0. The molecule has 5 heteroatoms. The van der Waals surface area contributed by atoms with E-state index in [9.17, 15) is 9.59 Å². The lowest BCUT2D eigenvalue weighted by atomic mass is 10.1. The van der Waals surface area contributed by atoms with E-state index >= 15 is 0 Å². The molecule has 98 valence electrons. The molecule has 1 unspecified atom stereocenters. The number of carboxylic acid groups (broad SMARTS) is 1. The molecule has 1 aromatic carbocycles. The molecule has 0 aliphatic heterocycles. The molecular weight excluding hydrogens is 232 g/mol. The Kier molecular flexibility index (Phi) is 4.85. The predicted molar refractivity (Wildman–Crippen MR) is 68.1 cm³/mol. The minimum Gasteiger partial charge on any atom is -0.478 e. The number of benzene rings is 1. The Balaban J connectivity index is 2.72. The second kappa shape index (κ2) is 6.16. The highest BCUT2D eigenvalue weighted by Gasteiger charge is 2.18. The first-order valence-electron chi connectivity index (χ1n) is 5.77. The summed E-state index contributed by atoms with van der Waals surface area (Å²) >= 11 is 0. The highest BCUT2D eigenvalue weighted by molar-refractivity contribution is 5.87. The lowest BCUT2D eigenvalue weighted by Crippen LogP contribution is -2.41. The fraction of sp³-hybridized carbons (Fsp3) is 0.385. The molecule has 0 fully saturated rings. The van der Waals surface area contributed by atoms with Gasteiger partial charge < -0.3 is 10.8 Å². The quantitative estimate of drug-likeness (QED) is 0.791. The van der Waals surface area contributed by atoms with Gasteiger partial charge in [0.2, 0.25) is 5.91 Å². The number of carbonyl (C=O) groups is 2. The van der Waals surface area contributed by atoms with Gasteiger partial charge in [0, 0.05) is 6.54 Å². The topological polar surface area (TPSA) is 83.6 Å². The summed E-state index contributed by atoms with van der Waals surface area (Å²) in [7, 11) is 1.82. The molecule has 1 atom stereocenters. The van der Waals surface area contributed by atoms with Crippen LogP contribution in [0, 0.1) is 0 Å². The molecule has 0 saturated carbocycles. The van der Waals surface area contributed by atoms with Crippen molar-refractivity contribution in [2.45, 2.75) is 25.9 Å². The number of amides is 1. The first kappa shape index (κ1) is 14.2. The van der Waals surface area contributed by atoms with E-state index in [1.165, 1.54) is 0 Å². The van der Waals surface area contributed by atoms with Gasteiger partial charge in [-0.25, -0.2) is 4.79 Å². The maximum absolute atomic E-state index is 11.2. The summed E-state index contributed by atoms with van der Waals surface area (Å²) in [6, 6.07) is 6.29. The molecule has 18 heavy (non-hydrogen) atoms. The normalized spacial score (nSPS) is 12.4. The van der Waals surface area contributed by atoms with E-state index in [2.05, 4.69) is 0 Å². The lowest BCUT2D eigenvalue weighted by molar-refractivity contribution is -0.123. The van der Waals surface area contributed by atoms with Crippen molar-refractivity contribution in [1.29, 1.82) is 0 Å². The van der Waals surface area contributed by atoms with Crippen LogP contribution in [0.5, 0.6) is 0 Å². The predicted octanol–water partition coefficient (Wildman–Crippen LogP) is 1.08. The molecule has 1 rings (SSSR count). The summed E-state index contributed by atoms with van der Waals surface area (Å²) in [5.74, 6) is -1.29. The Labute approximate surface area is 106 Å². The van der Waals surface area contributed by atoms with E-state index in [0.29, 0.717) is 13.0 Å². The van der Waals surface area contributed by atoms with Crippen molar-refractivity contribution in [3.05, 3.63) is 35.4 Å². The van der Waals surface area contributed by atoms with E-state index in [0.717, 1.165) is 5.56 Å². The van der Waals surface area contributed by atoms with Crippen molar-refractivity contribution in [1.82, 2.24) is 4.90 Å². The summed E-state index contributed by atoms with van der Waals surface area (Å²) in [6.07, 6.45) is 0.652. The molecule has 5 nitrogen and oxygen atoms in total. The maximum Gasteiger partial charge on any atom is 0.335 e. The standard InChI is InChI=1S/C13H18N2O3/c1-3-11(12(14)16)15(2)8-9-4-6-10(7-5-9)13(17)18/h4-7,11H,3,8H2,1-2H3,(H2,14,16)(H,17,18). The summed E-state index contributed by atoms with van der Waals surface area (Å²) in [4.78, 5) is 23.8. The fourth-order valence-corrected chi connectivity index (χ4v) is 1.88. The second-order valence-electron chi connectivity index (χ2n) is 4.24. The van der Waals surface area contributed by atoms with E-state index < -0.39 is 5.97 Å². The first-order valence-corrected chi connectivity index (χ1v) is 5.77. The van der Waals surface area contributed by atoms with Gasteiger partial charge in [0.25, 0.3) is 0 Å². The Morgan fingerprint density at radius 2 is 1.89 bits per heavy atom. The van der Waals surface area contributed by atoms with Gasteiger partial charge in [-0.05, 0) is 31.2 Å². The van der Waals surface area contributed by atoms with Crippen molar-refractivity contribution in [3.63, 3.8) is 0 Å². The van der Waals surface area contributed by atoms with E-state index in [1.54, 1.807) is 24.3 Å². The van der Waals surface area contributed by atoms with Crippen LogP contribution in [0.1, 0.15) is 29.3 Å². The Bertz CT molecular complexity index is 428. The molecule has 3 N–H and O–H groups in total. The van der Waals surface area contributed by atoms with Crippen LogP contribution in [-0.2, 0) is 11.3 Å². The SMILES string of the molecule is CCC(C(N)=O)N(C)Cc1ccc(C(=O)O)cc1. The summed E-state index contributed by atoms with van der Waals surface area (Å²) in [5, 5.41) is 8.79. The molecule has 1 amide bonds. The molecular formula is C13H18N2O3. The van der Waals surface area contributed by atoms with Crippen LogP contribution in [0.3, 0.4) is 0 Å². The molecule has 0 aliphatic carbocycles. The van der Waals surface area contributed by atoms with Crippen LogP contribution in [0.2, 0.25) is 0 Å². The number of primary amides is 1. The van der Waals surface area contributed by atoms with Crippen molar-refractivity contribution in [2.75, 3.05) is 7.05 Å². The van der Waals surface area contributed by atoms with E-state index in [-0.39, 0.29) is 17.5 Å². The monoisotopic (exact) mass is 250 g/mol. The van der Waals surface area contributed by atoms with Crippen LogP contribution in [0.25, 0.3) is 0 Å². The maximum atomic E-state index is 11.2. The highest BCUT2D eigenvalue weighted by Crippen LogP contribution is 2.10. The van der Waals surface area contributed by atoms with Gasteiger partial charge in [-0.2, -0.15) is 0 Å². The van der Waals surface area contributed by atoms with Gasteiger partial charge in [-0.15, -0.1) is 0 Å². The minimum atomic E-state index is -0.946. The van der Waals surface area contributed by atoms with Gasteiger partial charge in [0.05, 0.1) is 11.6 Å². The van der Waals surface area contributed by atoms with Crippen molar-refractivity contribution in [3.8, 4) is 0 Å². The Hall–Kier alpha value is -1.88. The van der Waals surface area contributed by atoms with Gasteiger partial charge in [0.15, 0.2) is 0 Å². The molecule has 0 aromatic heterocycles. The van der Waals surface area contributed by atoms with Crippen LogP contribution in [-0.4, -0.2) is 35.0 Å². The average Bonchev–Trinajstić information content (AvgIpc) is 2.29. The van der Waals surface area contributed by atoms with Crippen molar-refractivity contribution >= 4 is 11.9 Å². The summed E-state index contributed by atoms with van der Waals surface area (Å²) in [5.41, 5.74) is 6.51. The number of carbonyl (C=O) groups excluding carboxylic acids is 1. The van der Waals surface area contributed by atoms with Gasteiger partial charge in [-0.3, -0.25) is 9.69 Å². The zero-order valence-electron chi connectivity index (χ0n) is 10.6. The van der Waals surface area contributed by atoms with E-state index in [4.69, 9.17) is 10.8 Å². The zero-order chi connectivity index (χ0) is 13.7. The number of likely N-dealkylation sites (N-methyl/N-ethyl adjacent to an activating group) is 1. The van der Waals surface area contributed by atoms with Crippen LogP contribution >= 0.6 is 0 Å². The molecule has 0 aliphatic rings. The number of nitrogens with two attached hydrogens (primary N) is 1. The minimum absolute atomic E-state index is 0.253. The van der Waals surface area contributed by atoms with Crippen LogP contribution in [0.15, 0.2) is 24.3 Å². The van der Waals surface area contributed by atoms with Crippen LogP contribution in [0.4, 0.5) is 0 Å². The number of aromatic carboxylic acids is 1. The Morgan fingerprint density at radius 3 is 2.28 bits per heavy atom. The number of hydrogen-bond acceptors (Lipinski definition) is 3. The Morgan fingerprint density at radius 1 is 1.33 bits per heavy atom. The number of rotatable bonds is 6. The largest absolute Gasteiger partial charge is 0.478 e. The molecule has 0 radical (unpaired) electrons. The molecule has 1 aromatic rings. The van der Waals surface area contributed by atoms with Gasteiger partial charge in [-0.1, -0.05) is 19.1 Å². The fourth-order valence-electron chi connectivity index (χ4n) is 1.88. The van der Waals surface area contributed by atoms with Gasteiger partial charge >= 0.3 is 5.97 Å². The third kappa shape index (κ3) is 3.56. The average molecular weight is 250 g/mol. The van der Waals surface area contributed by atoms with Crippen molar-refractivity contribution in [2.24, 2.45) is 5.73 Å². The number of hydrogen-bond donors (Lipinski definition) is 2. The van der Waals surface area contributed by atoms with Crippen LogP contribution < -0.4 is 5.73 Å². The molecule has 0 heterocycles. The third-order valence-electron chi connectivity index (χ3n) is 2.88. The lowest BCUT2D eigenvalue weighted by Gasteiger charge is -2.24. The van der Waals surface area contributed by atoms with Gasteiger partial charge in [0.1, 0.15) is 0 Å². The smallest absolute Gasteiger partial charge is 0.335 e.